The van der Waals surface area contributed by atoms with E-state index in [0.717, 1.165) is 6.42 Å². The minimum Gasteiger partial charge on any atom is -0.462 e. The Balaban J connectivity index is 1.42. The number of ether oxygens (including phenoxy) is 2. The summed E-state index contributed by atoms with van der Waals surface area (Å²) in [6.45, 7) is 7.70. The topological polar surface area (TPSA) is 122 Å². The van der Waals surface area contributed by atoms with Crippen LogP contribution in [0.5, 0.6) is 5.75 Å². The molecule has 1 aromatic carbocycles. The van der Waals surface area contributed by atoms with E-state index in [1.165, 1.54) is 6.33 Å². The molecule has 2 aromatic heterocycles. The lowest BCUT2D eigenvalue weighted by molar-refractivity contribution is -0.149. The molecule has 5 atom stereocenters. The van der Waals surface area contributed by atoms with Crippen molar-refractivity contribution in [2.45, 2.75) is 58.6 Å². The Hall–Kier alpha value is -2.56. The van der Waals surface area contributed by atoms with E-state index in [-0.39, 0.29) is 36.9 Å². The summed E-state index contributed by atoms with van der Waals surface area (Å²) in [5.41, 5.74) is 1.39. The van der Waals surface area contributed by atoms with E-state index >= 15 is 0 Å². The third-order valence-electron chi connectivity index (χ3n) is 5.71. The Morgan fingerprint density at radius 3 is 2.70 bits per heavy atom. The van der Waals surface area contributed by atoms with Crippen molar-refractivity contribution in [2.75, 3.05) is 19.0 Å². The second-order valence-corrected chi connectivity index (χ2v) is 10.7. The van der Waals surface area contributed by atoms with Crippen LogP contribution in [0, 0.1) is 5.92 Å². The Kier molecular flexibility index (Phi) is 9.15. The van der Waals surface area contributed by atoms with Crippen LogP contribution in [0.2, 0.25) is 5.02 Å². The van der Waals surface area contributed by atoms with Crippen molar-refractivity contribution in [2.24, 2.45) is 5.92 Å². The van der Waals surface area contributed by atoms with Gasteiger partial charge in [-0.25, -0.2) is 20.0 Å². The van der Waals surface area contributed by atoms with Crippen molar-refractivity contribution in [3.8, 4) is 5.75 Å². The van der Waals surface area contributed by atoms with Gasteiger partial charge >= 0.3 is 14.5 Å². The minimum absolute atomic E-state index is 0.190. The van der Waals surface area contributed by atoms with E-state index in [4.69, 9.17) is 30.1 Å². The van der Waals surface area contributed by atoms with E-state index < -0.39 is 14.6 Å². The number of hydrogen-bond acceptors (Lipinski definition) is 10. The summed E-state index contributed by atoms with van der Waals surface area (Å²) >= 11 is 6.00. The van der Waals surface area contributed by atoms with Gasteiger partial charge in [-0.2, -0.15) is 0 Å². The van der Waals surface area contributed by atoms with Crippen molar-refractivity contribution in [1.82, 2.24) is 24.6 Å². The molecule has 1 saturated heterocycles. The smallest absolute Gasteiger partial charge is 0.323 e. The number of nitrogens with one attached hydrogen (secondary N) is 2. The summed E-state index contributed by atoms with van der Waals surface area (Å²) in [5, 5.41) is 6.75. The molecular weight excluding hydrogens is 519 g/mol. The highest BCUT2D eigenvalue weighted by molar-refractivity contribution is 7.45. The zero-order valence-electron chi connectivity index (χ0n) is 21.4. The number of aromatic nitrogens is 4. The predicted molar refractivity (Wildman–Crippen MR) is 141 cm³/mol. The molecule has 0 amide bonds. The van der Waals surface area contributed by atoms with Gasteiger partial charge in [-0.1, -0.05) is 18.5 Å². The maximum atomic E-state index is 12.4. The van der Waals surface area contributed by atoms with Crippen LogP contribution in [0.1, 0.15) is 40.3 Å². The molecule has 0 aliphatic carbocycles. The van der Waals surface area contributed by atoms with Gasteiger partial charge in [0.1, 0.15) is 29.9 Å². The molecule has 1 fully saturated rings. The number of esters is 1. The van der Waals surface area contributed by atoms with Crippen LogP contribution in [0.4, 0.5) is 5.82 Å². The zero-order valence-corrected chi connectivity index (χ0v) is 23.1. The average Bonchev–Trinajstić information content (AvgIpc) is 3.46. The van der Waals surface area contributed by atoms with Crippen LogP contribution in [-0.2, 0) is 18.8 Å². The second kappa shape index (κ2) is 12.3. The van der Waals surface area contributed by atoms with Crippen molar-refractivity contribution in [3.63, 3.8) is 0 Å². The van der Waals surface area contributed by atoms with E-state index in [1.54, 1.807) is 58.4 Å². The molecule has 13 heteroatoms. The third-order valence-corrected chi connectivity index (χ3v) is 7.32. The van der Waals surface area contributed by atoms with Gasteiger partial charge in [-0.15, -0.1) is 0 Å². The first-order valence-electron chi connectivity index (χ1n) is 12.1. The summed E-state index contributed by atoms with van der Waals surface area (Å²) in [5.74, 6) is 1.04. The number of benzene rings is 1. The molecule has 37 heavy (non-hydrogen) atoms. The van der Waals surface area contributed by atoms with Gasteiger partial charge in [0.15, 0.2) is 11.5 Å². The molecule has 0 radical (unpaired) electrons. The first-order chi connectivity index (χ1) is 17.7. The normalized spacial score (nSPS) is 21.2. The minimum atomic E-state index is -1.69. The molecule has 0 bridgehead atoms. The Morgan fingerprint density at radius 2 is 2.00 bits per heavy atom. The number of fused-ring (bicyclic) bond motifs is 1. The molecule has 11 nitrogen and oxygen atoms in total. The van der Waals surface area contributed by atoms with E-state index in [1.807, 2.05) is 4.57 Å². The number of imidazole rings is 1. The lowest BCUT2D eigenvalue weighted by atomic mass is 10.1. The van der Waals surface area contributed by atoms with Crippen LogP contribution < -0.4 is 14.9 Å². The van der Waals surface area contributed by atoms with Crippen molar-refractivity contribution in [1.29, 1.82) is 0 Å². The number of hydrogen-bond donors (Lipinski definition) is 2. The fourth-order valence-corrected chi connectivity index (χ4v) is 5.31. The largest absolute Gasteiger partial charge is 0.462 e. The van der Waals surface area contributed by atoms with Crippen LogP contribution in [-0.4, -0.2) is 57.4 Å². The molecule has 2 N–H and O–H groups in total. The fourth-order valence-electron chi connectivity index (χ4n) is 3.96. The molecule has 200 valence electrons. The number of carbonyl (C=O) groups is 1. The number of halogens is 1. The molecule has 0 saturated carbocycles. The summed E-state index contributed by atoms with van der Waals surface area (Å²) in [6, 6.07) is 6.32. The number of nitrogens with zero attached hydrogens (tertiary/aromatic N) is 4. The van der Waals surface area contributed by atoms with Crippen LogP contribution in [0.15, 0.2) is 36.9 Å². The summed E-state index contributed by atoms with van der Waals surface area (Å²) in [4.78, 5) is 25.5. The summed E-state index contributed by atoms with van der Waals surface area (Å²) in [7, 11) is 0.106. The molecule has 5 unspecified atom stereocenters. The first-order valence-corrected chi connectivity index (χ1v) is 13.6. The number of anilines is 1. The summed E-state index contributed by atoms with van der Waals surface area (Å²) < 4.78 is 25.8. The zero-order chi connectivity index (χ0) is 26.5. The van der Waals surface area contributed by atoms with Crippen molar-refractivity contribution < 1.29 is 23.3 Å². The van der Waals surface area contributed by atoms with E-state index in [0.29, 0.717) is 27.8 Å². The standard InChI is InChI=1S/C24H32ClN6O5P/c1-14(2)34-24(32)16(4)30-37(36-18-8-6-17(25)7-9-18)33-11-19-10-15(3)23(35-19)31-13-29-20-21(26-5)27-12-28-22(20)31/h6-9,12-16,19,23,30H,10-11H2,1-5H3,(H,26,27,28). The molecule has 3 heterocycles. The highest BCUT2D eigenvalue weighted by Crippen LogP contribution is 2.40. The van der Waals surface area contributed by atoms with Gasteiger partial charge in [0.25, 0.3) is 0 Å². The molecular formula is C24H32ClN6O5P. The average molecular weight is 551 g/mol. The van der Waals surface area contributed by atoms with Gasteiger partial charge in [0.05, 0.1) is 25.1 Å². The van der Waals surface area contributed by atoms with Crippen LogP contribution >= 0.6 is 20.1 Å². The number of rotatable bonds is 11. The SMILES string of the molecule is CNc1ncnc2c1ncn2C1OC(COP(NC(C)C(=O)OC(C)C)Oc2ccc(Cl)cc2)CC1C. The third kappa shape index (κ3) is 6.86. The van der Waals surface area contributed by atoms with E-state index in [9.17, 15) is 4.79 Å². The second-order valence-electron chi connectivity index (χ2n) is 9.09. The Morgan fingerprint density at radius 1 is 1.24 bits per heavy atom. The molecule has 1 aliphatic heterocycles. The maximum absolute atomic E-state index is 12.4. The predicted octanol–water partition coefficient (Wildman–Crippen LogP) is 4.70. The highest BCUT2D eigenvalue weighted by Gasteiger charge is 2.36. The molecule has 0 spiro atoms. The van der Waals surface area contributed by atoms with Gasteiger partial charge in [0.2, 0.25) is 0 Å². The lowest BCUT2D eigenvalue weighted by Gasteiger charge is -2.23. The van der Waals surface area contributed by atoms with E-state index in [2.05, 4.69) is 32.3 Å². The highest BCUT2D eigenvalue weighted by atomic mass is 35.5. The number of carbonyl (C=O) groups excluding carboxylic acids is 1. The lowest BCUT2D eigenvalue weighted by Crippen LogP contribution is -2.35. The molecule has 3 aromatic rings. The van der Waals surface area contributed by atoms with Gasteiger partial charge in [-0.05, 0) is 51.5 Å². The monoisotopic (exact) mass is 550 g/mol. The Labute approximate surface area is 222 Å². The first kappa shape index (κ1) is 27.5. The van der Waals surface area contributed by atoms with Crippen LogP contribution in [0.3, 0.4) is 0 Å². The molecule has 4 rings (SSSR count). The van der Waals surface area contributed by atoms with Crippen molar-refractivity contribution >= 4 is 43.1 Å². The van der Waals surface area contributed by atoms with Gasteiger partial charge in [-0.3, -0.25) is 9.36 Å². The summed E-state index contributed by atoms with van der Waals surface area (Å²) in [6.07, 6.45) is 3.33. The quantitative estimate of drug-likeness (QED) is 0.257. The fraction of sp³-hybridized carbons (Fsp3) is 0.500. The van der Waals surface area contributed by atoms with Gasteiger partial charge < -0.3 is 23.8 Å². The Bertz CT molecular complexity index is 1200. The van der Waals surface area contributed by atoms with Crippen LogP contribution in [0.25, 0.3) is 11.2 Å². The van der Waals surface area contributed by atoms with Crippen molar-refractivity contribution in [3.05, 3.63) is 41.9 Å². The maximum Gasteiger partial charge on any atom is 0.323 e. The van der Waals surface area contributed by atoms with Gasteiger partial charge in [0, 0.05) is 18.0 Å². The molecule has 1 aliphatic rings.